The van der Waals surface area contributed by atoms with E-state index in [0.717, 1.165) is 16.5 Å². The van der Waals surface area contributed by atoms with E-state index >= 15 is 0 Å². The summed E-state index contributed by atoms with van der Waals surface area (Å²) < 4.78 is 0. The zero-order valence-electron chi connectivity index (χ0n) is 9.48. The molecule has 0 spiro atoms. The Bertz CT molecular complexity index is 762. The Morgan fingerprint density at radius 2 is 1.72 bits per heavy atom. The molecule has 0 saturated carbocycles. The largest absolute Gasteiger partial charge is 0.321 e. The number of fused-ring (bicyclic) bond motifs is 1. The lowest BCUT2D eigenvalue weighted by molar-refractivity contribution is 1.31. The van der Waals surface area contributed by atoms with Gasteiger partial charge in [-0.05, 0) is 23.8 Å². The van der Waals surface area contributed by atoms with Gasteiger partial charge in [-0.2, -0.15) is 0 Å². The molecule has 3 aromatic rings. The van der Waals surface area contributed by atoms with Gasteiger partial charge in [0.1, 0.15) is 0 Å². The molecule has 0 aliphatic heterocycles. The lowest BCUT2D eigenvalue weighted by Gasteiger charge is -2.04. The van der Waals surface area contributed by atoms with Crippen LogP contribution in [0, 0.1) is 0 Å². The van der Waals surface area contributed by atoms with E-state index < -0.39 is 0 Å². The minimum atomic E-state index is -0.101. The third-order valence-corrected chi connectivity index (χ3v) is 3.25. The number of aromatic nitrogens is 1. The first-order chi connectivity index (χ1) is 8.75. The van der Waals surface area contributed by atoms with Crippen LogP contribution in [0.3, 0.4) is 0 Å². The maximum Gasteiger partial charge on any atom is 0.256 e. The molecule has 2 nitrogen and oxygen atoms in total. The van der Waals surface area contributed by atoms with Gasteiger partial charge in [0.25, 0.3) is 5.56 Å². The number of hydrogen-bond acceptors (Lipinski definition) is 1. The number of rotatable bonds is 1. The highest BCUT2D eigenvalue weighted by molar-refractivity contribution is 6.35. The summed E-state index contributed by atoms with van der Waals surface area (Å²) in [5.41, 5.74) is 2.18. The molecule has 0 fully saturated rings. The molecule has 3 rings (SSSR count). The lowest BCUT2D eigenvalue weighted by Crippen LogP contribution is -2.08. The quantitative estimate of drug-likeness (QED) is 0.704. The monoisotopic (exact) mass is 255 g/mol. The number of H-pyrrole nitrogens is 1. The summed E-state index contributed by atoms with van der Waals surface area (Å²) >= 11 is 6.15. The molecule has 0 bridgehead atoms. The van der Waals surface area contributed by atoms with Crippen LogP contribution in [0.5, 0.6) is 0 Å². The molecule has 1 aromatic heterocycles. The van der Waals surface area contributed by atoms with Crippen molar-refractivity contribution in [2.24, 2.45) is 0 Å². The highest BCUT2D eigenvalue weighted by Crippen LogP contribution is 2.24. The zero-order valence-corrected chi connectivity index (χ0v) is 10.2. The van der Waals surface area contributed by atoms with E-state index in [2.05, 4.69) is 4.98 Å². The van der Waals surface area contributed by atoms with Crippen molar-refractivity contribution in [3.05, 3.63) is 70.0 Å². The van der Waals surface area contributed by atoms with Crippen molar-refractivity contribution in [1.29, 1.82) is 0 Å². The second kappa shape index (κ2) is 4.31. The number of benzene rings is 2. The number of pyridine rings is 1. The molecular weight excluding hydrogens is 246 g/mol. The Balaban J connectivity index is 2.35. The minimum absolute atomic E-state index is 0.101. The van der Waals surface area contributed by atoms with Crippen LogP contribution in [-0.4, -0.2) is 4.98 Å². The normalized spacial score (nSPS) is 10.7. The number of hydrogen-bond donors (Lipinski definition) is 1. The minimum Gasteiger partial charge on any atom is -0.321 e. The number of aromatic amines is 1. The maximum absolute atomic E-state index is 12.0. The zero-order chi connectivity index (χ0) is 12.5. The first-order valence-corrected chi connectivity index (χ1v) is 6.00. The van der Waals surface area contributed by atoms with E-state index in [-0.39, 0.29) is 5.56 Å². The lowest BCUT2D eigenvalue weighted by atomic mass is 10.1. The molecule has 0 radical (unpaired) electrons. The Hall–Kier alpha value is -2.06. The third kappa shape index (κ3) is 1.81. The van der Waals surface area contributed by atoms with Crippen LogP contribution in [0.2, 0.25) is 5.02 Å². The number of nitrogens with one attached hydrogen (secondary N) is 1. The van der Waals surface area contributed by atoms with Crippen LogP contribution < -0.4 is 5.56 Å². The highest BCUT2D eigenvalue weighted by Gasteiger charge is 2.06. The molecule has 88 valence electrons. The second-order valence-electron chi connectivity index (χ2n) is 4.08. The summed E-state index contributed by atoms with van der Waals surface area (Å²) in [5, 5.41) is 1.50. The third-order valence-electron chi connectivity index (χ3n) is 2.92. The van der Waals surface area contributed by atoms with Gasteiger partial charge in [0.2, 0.25) is 0 Å². The molecule has 0 saturated heterocycles. The van der Waals surface area contributed by atoms with Crippen molar-refractivity contribution >= 4 is 22.5 Å². The highest BCUT2D eigenvalue weighted by atomic mass is 35.5. The molecule has 0 unspecified atom stereocenters. The van der Waals surface area contributed by atoms with Gasteiger partial charge in [0, 0.05) is 21.5 Å². The Morgan fingerprint density at radius 3 is 2.50 bits per heavy atom. The maximum atomic E-state index is 12.0. The van der Waals surface area contributed by atoms with Gasteiger partial charge < -0.3 is 4.98 Å². The molecule has 1 N–H and O–H groups in total. The second-order valence-corrected chi connectivity index (χ2v) is 4.49. The summed E-state index contributed by atoms with van der Waals surface area (Å²) in [6, 6.07) is 16.9. The van der Waals surface area contributed by atoms with E-state index in [9.17, 15) is 4.79 Å². The fourth-order valence-corrected chi connectivity index (χ4v) is 2.25. The molecule has 1 heterocycles. The average molecular weight is 256 g/mol. The molecule has 0 aliphatic carbocycles. The molecule has 0 amide bonds. The van der Waals surface area contributed by atoms with Crippen LogP contribution >= 0.6 is 11.6 Å². The number of halogens is 1. The van der Waals surface area contributed by atoms with Gasteiger partial charge >= 0.3 is 0 Å². The summed E-state index contributed by atoms with van der Waals surface area (Å²) in [5.74, 6) is 0. The van der Waals surface area contributed by atoms with Crippen molar-refractivity contribution in [2.45, 2.75) is 0 Å². The SMILES string of the molecule is O=c1[nH]c2cccc(Cl)c2cc1-c1ccccc1. The van der Waals surface area contributed by atoms with Crippen LogP contribution in [0.25, 0.3) is 22.0 Å². The summed E-state index contributed by atoms with van der Waals surface area (Å²) in [6.45, 7) is 0. The smallest absolute Gasteiger partial charge is 0.256 e. The standard InChI is InChI=1S/C15H10ClNO/c16-13-7-4-8-14-12(13)9-11(15(18)17-14)10-5-2-1-3-6-10/h1-9H,(H,17,18). The Labute approximate surface area is 109 Å². The molecule has 2 aromatic carbocycles. The van der Waals surface area contributed by atoms with Gasteiger partial charge in [-0.1, -0.05) is 48.0 Å². The van der Waals surface area contributed by atoms with Crippen molar-refractivity contribution in [3.8, 4) is 11.1 Å². The summed E-state index contributed by atoms with van der Waals surface area (Å²) in [6.07, 6.45) is 0. The first kappa shape index (κ1) is 11.1. The van der Waals surface area contributed by atoms with Gasteiger partial charge in [0.15, 0.2) is 0 Å². The first-order valence-electron chi connectivity index (χ1n) is 5.63. The van der Waals surface area contributed by atoms with E-state index in [1.807, 2.05) is 54.6 Å². The van der Waals surface area contributed by atoms with Crippen LogP contribution in [0.1, 0.15) is 0 Å². The fourth-order valence-electron chi connectivity index (χ4n) is 2.02. The fraction of sp³-hybridized carbons (Fsp3) is 0. The van der Waals surface area contributed by atoms with E-state index in [1.54, 1.807) is 0 Å². The van der Waals surface area contributed by atoms with Crippen LogP contribution in [0.15, 0.2) is 59.4 Å². The van der Waals surface area contributed by atoms with Crippen LogP contribution in [-0.2, 0) is 0 Å². The molecule has 0 aliphatic rings. The van der Waals surface area contributed by atoms with Gasteiger partial charge in [-0.3, -0.25) is 4.79 Å². The topological polar surface area (TPSA) is 32.9 Å². The average Bonchev–Trinajstić information content (AvgIpc) is 2.39. The van der Waals surface area contributed by atoms with E-state index in [0.29, 0.717) is 10.6 Å². The van der Waals surface area contributed by atoms with Gasteiger partial charge in [-0.15, -0.1) is 0 Å². The van der Waals surface area contributed by atoms with Crippen molar-refractivity contribution < 1.29 is 0 Å². The molecule has 3 heteroatoms. The molecular formula is C15H10ClNO. The van der Waals surface area contributed by atoms with Crippen molar-refractivity contribution in [1.82, 2.24) is 4.98 Å². The summed E-state index contributed by atoms with van der Waals surface area (Å²) in [4.78, 5) is 14.9. The van der Waals surface area contributed by atoms with Gasteiger partial charge in [0.05, 0.1) is 0 Å². The van der Waals surface area contributed by atoms with Crippen LogP contribution in [0.4, 0.5) is 0 Å². The van der Waals surface area contributed by atoms with Crippen molar-refractivity contribution in [3.63, 3.8) is 0 Å². The van der Waals surface area contributed by atoms with Crippen molar-refractivity contribution in [2.75, 3.05) is 0 Å². The van der Waals surface area contributed by atoms with Gasteiger partial charge in [-0.25, -0.2) is 0 Å². The summed E-state index contributed by atoms with van der Waals surface area (Å²) in [7, 11) is 0. The molecule has 0 atom stereocenters. The molecule has 18 heavy (non-hydrogen) atoms. The Morgan fingerprint density at radius 1 is 0.944 bits per heavy atom. The van der Waals surface area contributed by atoms with E-state index in [4.69, 9.17) is 11.6 Å². The predicted molar refractivity (Wildman–Crippen MR) is 75.0 cm³/mol. The predicted octanol–water partition coefficient (Wildman–Crippen LogP) is 3.85. The van der Waals surface area contributed by atoms with E-state index in [1.165, 1.54) is 0 Å². The Kier molecular flexibility index (Phi) is 2.65.